The van der Waals surface area contributed by atoms with E-state index < -0.39 is 0 Å². The first-order valence-electron chi connectivity index (χ1n) is 8.47. The maximum absolute atomic E-state index is 12.9. The Hall–Kier alpha value is -0.350. The van der Waals surface area contributed by atoms with E-state index in [4.69, 9.17) is 0 Å². The number of nitrogens with one attached hydrogen (secondary N) is 1. The first-order valence-corrected chi connectivity index (χ1v) is 8.47. The van der Waals surface area contributed by atoms with Crippen molar-refractivity contribution in [2.24, 2.45) is 23.7 Å². The van der Waals surface area contributed by atoms with E-state index in [-0.39, 0.29) is 30.6 Å². The van der Waals surface area contributed by atoms with E-state index in [0.29, 0.717) is 0 Å². The Morgan fingerprint density at radius 3 is 2.22 bits per heavy atom. The molecule has 0 aromatic heterocycles. The molecule has 0 radical (unpaired) electrons. The van der Waals surface area contributed by atoms with Crippen molar-refractivity contribution in [3.63, 3.8) is 0 Å². The Labute approximate surface area is 151 Å². The lowest BCUT2D eigenvalue weighted by molar-refractivity contribution is 0.172. The van der Waals surface area contributed by atoms with Crippen LogP contribution in [0, 0.1) is 29.5 Å². The molecule has 1 aliphatic carbocycles. The average molecular weight is 361 g/mol. The second-order valence-electron chi connectivity index (χ2n) is 7.22. The van der Waals surface area contributed by atoms with Crippen LogP contribution in [-0.2, 0) is 6.42 Å². The van der Waals surface area contributed by atoms with Crippen LogP contribution in [0.4, 0.5) is 4.39 Å². The molecule has 1 saturated carbocycles. The van der Waals surface area contributed by atoms with Crippen molar-refractivity contribution in [1.82, 2.24) is 10.2 Å². The van der Waals surface area contributed by atoms with Gasteiger partial charge in [-0.15, -0.1) is 24.8 Å². The van der Waals surface area contributed by atoms with E-state index in [2.05, 4.69) is 10.2 Å². The number of fused-ring (bicyclic) bond motifs is 1. The smallest absolute Gasteiger partial charge is 0.123 e. The highest BCUT2D eigenvalue weighted by Gasteiger charge is 2.52. The SMILES string of the molecule is Cl.Cl.Fc1ccc(CC2CCN(CC3[C@H]4CNC[C@@H]34)CC2)cc1. The van der Waals surface area contributed by atoms with Gasteiger partial charge in [-0.3, -0.25) is 0 Å². The van der Waals surface area contributed by atoms with Crippen LogP contribution in [0.1, 0.15) is 18.4 Å². The van der Waals surface area contributed by atoms with Gasteiger partial charge in [-0.25, -0.2) is 4.39 Å². The molecule has 1 N–H and O–H groups in total. The number of likely N-dealkylation sites (tertiary alicyclic amines) is 1. The monoisotopic (exact) mass is 360 g/mol. The second-order valence-corrected chi connectivity index (χ2v) is 7.22. The second kappa shape index (κ2) is 8.15. The predicted octanol–water partition coefficient (Wildman–Crippen LogP) is 3.39. The van der Waals surface area contributed by atoms with Crippen LogP contribution in [0.25, 0.3) is 0 Å². The standard InChI is InChI=1S/C18H25FN2.2ClH/c19-15-3-1-13(2-4-15)9-14-5-7-21(8-6-14)12-18-16-10-20-11-17(16)18;;/h1-4,14,16-18,20H,5-12H2;2*1H/t16-,17+,18?;;. The molecular formula is C18H27Cl2FN2. The Balaban J connectivity index is 0.000000960. The molecule has 23 heavy (non-hydrogen) atoms. The average Bonchev–Trinajstić information content (AvgIpc) is 2.94. The van der Waals surface area contributed by atoms with E-state index in [9.17, 15) is 4.39 Å². The molecule has 0 bridgehead atoms. The van der Waals surface area contributed by atoms with Crippen molar-refractivity contribution in [2.75, 3.05) is 32.7 Å². The third kappa shape index (κ3) is 4.39. The highest BCUT2D eigenvalue weighted by atomic mass is 35.5. The van der Waals surface area contributed by atoms with Crippen molar-refractivity contribution >= 4 is 24.8 Å². The van der Waals surface area contributed by atoms with Crippen molar-refractivity contribution in [3.8, 4) is 0 Å². The van der Waals surface area contributed by atoms with Gasteiger partial charge >= 0.3 is 0 Å². The lowest BCUT2D eigenvalue weighted by Crippen LogP contribution is -2.36. The Kier molecular flexibility index (Phi) is 6.73. The number of hydrogen-bond donors (Lipinski definition) is 1. The van der Waals surface area contributed by atoms with Crippen molar-refractivity contribution in [2.45, 2.75) is 19.3 Å². The van der Waals surface area contributed by atoms with E-state index in [1.807, 2.05) is 12.1 Å². The third-order valence-corrected chi connectivity index (χ3v) is 5.88. The van der Waals surface area contributed by atoms with Gasteiger partial charge in [0.1, 0.15) is 5.82 Å². The quantitative estimate of drug-likeness (QED) is 0.885. The minimum absolute atomic E-state index is 0. The van der Waals surface area contributed by atoms with Crippen molar-refractivity contribution in [1.29, 1.82) is 0 Å². The molecule has 1 unspecified atom stereocenters. The molecular weight excluding hydrogens is 334 g/mol. The van der Waals surface area contributed by atoms with Gasteiger partial charge in [-0.2, -0.15) is 0 Å². The molecule has 3 atom stereocenters. The number of nitrogens with zero attached hydrogens (tertiary/aromatic N) is 1. The maximum atomic E-state index is 12.9. The summed E-state index contributed by atoms with van der Waals surface area (Å²) in [5.41, 5.74) is 1.29. The van der Waals surface area contributed by atoms with Gasteiger partial charge in [0.25, 0.3) is 0 Å². The highest BCUT2D eigenvalue weighted by molar-refractivity contribution is 5.85. The summed E-state index contributed by atoms with van der Waals surface area (Å²) >= 11 is 0. The van der Waals surface area contributed by atoms with Crippen LogP contribution >= 0.6 is 24.8 Å². The molecule has 1 aromatic rings. The molecule has 0 spiro atoms. The molecule has 2 nitrogen and oxygen atoms in total. The molecule has 2 saturated heterocycles. The zero-order chi connectivity index (χ0) is 14.2. The van der Waals surface area contributed by atoms with E-state index in [0.717, 1.165) is 30.1 Å². The van der Waals surface area contributed by atoms with Crippen molar-refractivity contribution in [3.05, 3.63) is 35.6 Å². The van der Waals surface area contributed by atoms with Crippen LogP contribution in [0.15, 0.2) is 24.3 Å². The van der Waals surface area contributed by atoms with E-state index in [1.165, 1.54) is 51.1 Å². The van der Waals surface area contributed by atoms with Gasteiger partial charge in [0.2, 0.25) is 0 Å². The number of halogens is 3. The van der Waals surface area contributed by atoms with Gasteiger partial charge in [-0.1, -0.05) is 12.1 Å². The first kappa shape index (κ1) is 19.0. The van der Waals surface area contributed by atoms with Gasteiger partial charge < -0.3 is 10.2 Å². The van der Waals surface area contributed by atoms with Gasteiger partial charge in [0.05, 0.1) is 0 Å². The van der Waals surface area contributed by atoms with Crippen molar-refractivity contribution < 1.29 is 4.39 Å². The molecule has 130 valence electrons. The minimum atomic E-state index is -0.127. The largest absolute Gasteiger partial charge is 0.316 e. The summed E-state index contributed by atoms with van der Waals surface area (Å²) in [4.78, 5) is 2.68. The fourth-order valence-corrected chi connectivity index (χ4v) is 4.44. The lowest BCUT2D eigenvalue weighted by atomic mass is 9.90. The van der Waals surface area contributed by atoms with Crippen LogP contribution in [0.3, 0.4) is 0 Å². The number of benzene rings is 1. The molecule has 5 heteroatoms. The summed E-state index contributed by atoms with van der Waals surface area (Å²) in [5.74, 6) is 3.62. The fourth-order valence-electron chi connectivity index (χ4n) is 4.44. The van der Waals surface area contributed by atoms with E-state index >= 15 is 0 Å². The van der Waals surface area contributed by atoms with Crippen LogP contribution in [0.2, 0.25) is 0 Å². The number of rotatable bonds is 4. The van der Waals surface area contributed by atoms with Gasteiger partial charge in [-0.05, 0) is 86.8 Å². The van der Waals surface area contributed by atoms with Gasteiger partial charge in [0.15, 0.2) is 0 Å². The highest BCUT2D eigenvalue weighted by Crippen LogP contribution is 2.49. The summed E-state index contributed by atoms with van der Waals surface area (Å²) < 4.78 is 12.9. The van der Waals surface area contributed by atoms with Crippen LogP contribution in [-0.4, -0.2) is 37.6 Å². The number of hydrogen-bond acceptors (Lipinski definition) is 2. The zero-order valence-electron chi connectivity index (χ0n) is 13.4. The van der Waals surface area contributed by atoms with E-state index in [1.54, 1.807) is 12.1 Å². The Bertz CT molecular complexity index is 478. The molecule has 3 fully saturated rings. The molecule has 1 aromatic carbocycles. The molecule has 4 rings (SSSR count). The lowest BCUT2D eigenvalue weighted by Gasteiger charge is -2.32. The maximum Gasteiger partial charge on any atom is 0.123 e. The minimum Gasteiger partial charge on any atom is -0.316 e. The first-order chi connectivity index (χ1) is 10.3. The summed E-state index contributed by atoms with van der Waals surface area (Å²) in [6.07, 6.45) is 3.72. The summed E-state index contributed by atoms with van der Waals surface area (Å²) in [7, 11) is 0. The fraction of sp³-hybridized carbons (Fsp3) is 0.667. The summed E-state index contributed by atoms with van der Waals surface area (Å²) in [5, 5.41) is 3.48. The van der Waals surface area contributed by atoms with Crippen LogP contribution < -0.4 is 5.32 Å². The molecule has 0 amide bonds. The third-order valence-electron chi connectivity index (χ3n) is 5.88. The molecule has 2 heterocycles. The molecule has 2 aliphatic heterocycles. The normalized spacial score (nSPS) is 30.2. The summed E-state index contributed by atoms with van der Waals surface area (Å²) in [6.45, 7) is 6.37. The zero-order valence-corrected chi connectivity index (χ0v) is 15.1. The van der Waals surface area contributed by atoms with Gasteiger partial charge in [0, 0.05) is 6.54 Å². The summed E-state index contributed by atoms with van der Waals surface area (Å²) in [6, 6.07) is 7.06. The Morgan fingerprint density at radius 2 is 1.61 bits per heavy atom. The Morgan fingerprint density at radius 1 is 1.00 bits per heavy atom. The topological polar surface area (TPSA) is 15.3 Å². The molecule has 3 aliphatic rings. The predicted molar refractivity (Wildman–Crippen MR) is 97.1 cm³/mol. The number of piperidine rings is 2. The van der Waals surface area contributed by atoms with Crippen LogP contribution in [0.5, 0.6) is 0 Å².